The molecule has 0 aromatic heterocycles. The van der Waals surface area contributed by atoms with Crippen LogP contribution in [0.1, 0.15) is 22.7 Å². The Labute approximate surface area is 176 Å². The summed E-state index contributed by atoms with van der Waals surface area (Å²) < 4.78 is 21.5. The summed E-state index contributed by atoms with van der Waals surface area (Å²) in [7, 11) is 6.36. The van der Waals surface area contributed by atoms with Crippen LogP contribution in [-0.2, 0) is 17.6 Å². The monoisotopic (exact) mass is 419 g/mol. The number of alkyl halides is 1. The van der Waals surface area contributed by atoms with Crippen LogP contribution in [0.2, 0.25) is 0 Å². The lowest BCUT2D eigenvalue weighted by molar-refractivity contribution is -0.121. The van der Waals surface area contributed by atoms with E-state index in [9.17, 15) is 4.79 Å². The van der Waals surface area contributed by atoms with Gasteiger partial charge in [0.2, 0.25) is 0 Å². The summed E-state index contributed by atoms with van der Waals surface area (Å²) in [5.41, 5.74) is 2.79. The lowest BCUT2D eigenvalue weighted by Crippen LogP contribution is -2.39. The Morgan fingerprint density at radius 1 is 1.03 bits per heavy atom. The van der Waals surface area contributed by atoms with Gasteiger partial charge in [-0.25, -0.2) is 0 Å². The van der Waals surface area contributed by atoms with Crippen molar-refractivity contribution in [2.45, 2.75) is 24.3 Å². The number of carbonyl (C=O) groups excluding carboxylic acids is 1. The van der Waals surface area contributed by atoms with Gasteiger partial charge in [-0.15, -0.1) is 11.6 Å². The number of rotatable bonds is 8. The molecule has 0 bridgehead atoms. The summed E-state index contributed by atoms with van der Waals surface area (Å²) in [5, 5.41) is 2.58. The summed E-state index contributed by atoms with van der Waals surface area (Å²) in [6, 6.07) is 8.79. The van der Waals surface area contributed by atoms with E-state index in [2.05, 4.69) is 5.32 Å². The molecule has 7 heteroatoms. The summed E-state index contributed by atoms with van der Waals surface area (Å²) in [4.78, 5) is 13.2. The van der Waals surface area contributed by atoms with E-state index in [1.54, 1.807) is 34.5 Å². The smallest absolute Gasteiger partial charge is 0.172 e. The number of Topliss-reactive ketones (excluding diaryl/α,β-unsaturated/α-hetero) is 1. The van der Waals surface area contributed by atoms with E-state index in [4.69, 9.17) is 30.5 Å². The zero-order valence-corrected chi connectivity index (χ0v) is 17.8. The molecule has 29 heavy (non-hydrogen) atoms. The van der Waals surface area contributed by atoms with Crippen molar-refractivity contribution in [2.24, 2.45) is 0 Å². The molecule has 1 heterocycles. The van der Waals surface area contributed by atoms with E-state index < -0.39 is 11.4 Å². The molecule has 0 saturated carbocycles. The number of ketones is 1. The van der Waals surface area contributed by atoms with Crippen molar-refractivity contribution in [1.82, 2.24) is 5.32 Å². The van der Waals surface area contributed by atoms with E-state index >= 15 is 0 Å². The number of nitrogens with one attached hydrogen (secondary N) is 1. The zero-order chi connectivity index (χ0) is 21.0. The van der Waals surface area contributed by atoms with Crippen molar-refractivity contribution in [3.63, 3.8) is 0 Å². The van der Waals surface area contributed by atoms with Crippen LogP contribution in [0, 0.1) is 0 Å². The lowest BCUT2D eigenvalue weighted by atomic mass is 9.89. The second-order valence-electron chi connectivity index (χ2n) is 6.79. The van der Waals surface area contributed by atoms with Crippen LogP contribution in [0.25, 0.3) is 0 Å². The molecule has 0 fully saturated rings. The second-order valence-corrected chi connectivity index (χ2v) is 7.32. The van der Waals surface area contributed by atoms with E-state index in [0.717, 1.165) is 23.1 Å². The molecule has 6 nitrogen and oxygen atoms in total. The molecular weight excluding hydrogens is 394 g/mol. The van der Waals surface area contributed by atoms with Crippen LogP contribution in [0.15, 0.2) is 30.3 Å². The van der Waals surface area contributed by atoms with Gasteiger partial charge in [0.25, 0.3) is 0 Å². The Kier molecular flexibility index (Phi) is 6.87. The van der Waals surface area contributed by atoms with Crippen molar-refractivity contribution in [3.05, 3.63) is 47.0 Å². The minimum atomic E-state index is -0.714. The fourth-order valence-corrected chi connectivity index (χ4v) is 3.92. The molecule has 1 N–H and O–H groups in total. The third-order valence-electron chi connectivity index (χ3n) is 5.19. The van der Waals surface area contributed by atoms with E-state index in [0.29, 0.717) is 36.0 Å². The Morgan fingerprint density at radius 3 is 2.38 bits per heavy atom. The predicted octanol–water partition coefficient (Wildman–Crippen LogP) is 3.33. The van der Waals surface area contributed by atoms with Crippen LogP contribution in [0.3, 0.4) is 0 Å². The summed E-state index contributed by atoms with van der Waals surface area (Å²) in [5.74, 6) is 2.50. The molecule has 2 aromatic carbocycles. The first kappa shape index (κ1) is 21.3. The summed E-state index contributed by atoms with van der Waals surface area (Å²) >= 11 is 6.57. The Balaban J connectivity index is 1.84. The molecule has 0 radical (unpaired) electrons. The normalized spacial score (nSPS) is 16.5. The first-order valence-electron chi connectivity index (χ1n) is 9.39. The van der Waals surface area contributed by atoms with Crippen molar-refractivity contribution in [2.75, 3.05) is 35.0 Å². The maximum absolute atomic E-state index is 13.2. The number of hydrogen-bond acceptors (Lipinski definition) is 6. The van der Waals surface area contributed by atoms with Crippen molar-refractivity contribution >= 4 is 17.4 Å². The zero-order valence-electron chi connectivity index (χ0n) is 17.1. The van der Waals surface area contributed by atoms with Crippen molar-refractivity contribution in [1.29, 1.82) is 0 Å². The lowest BCUT2D eigenvalue weighted by Gasteiger charge is -2.28. The number of benzene rings is 2. The fraction of sp³-hybridized carbons (Fsp3) is 0.409. The molecule has 0 amide bonds. The highest BCUT2D eigenvalue weighted by atomic mass is 35.5. The van der Waals surface area contributed by atoms with Crippen LogP contribution in [-0.4, -0.2) is 46.1 Å². The molecule has 0 aliphatic carbocycles. The minimum absolute atomic E-state index is 0.0855. The van der Waals surface area contributed by atoms with Gasteiger partial charge < -0.3 is 24.3 Å². The molecule has 3 rings (SSSR count). The highest BCUT2D eigenvalue weighted by molar-refractivity contribution is 6.32. The van der Waals surface area contributed by atoms with Crippen LogP contribution in [0.4, 0.5) is 0 Å². The van der Waals surface area contributed by atoms with Gasteiger partial charge in [0.05, 0.1) is 39.9 Å². The van der Waals surface area contributed by atoms with Crippen molar-refractivity contribution < 1.29 is 23.7 Å². The third kappa shape index (κ3) is 4.43. The maximum Gasteiger partial charge on any atom is 0.172 e. The summed E-state index contributed by atoms with van der Waals surface area (Å²) in [6.45, 7) is 0.689. The third-order valence-corrected chi connectivity index (χ3v) is 5.56. The molecule has 1 aliphatic rings. The Morgan fingerprint density at radius 2 is 1.72 bits per heavy atom. The number of ether oxygens (including phenoxy) is 4. The average molecular weight is 420 g/mol. The molecular formula is C22H26ClNO5. The van der Waals surface area contributed by atoms with Gasteiger partial charge in [-0.05, 0) is 47.7 Å². The predicted molar refractivity (Wildman–Crippen MR) is 112 cm³/mol. The minimum Gasteiger partial charge on any atom is -0.497 e. The molecule has 0 spiro atoms. The van der Waals surface area contributed by atoms with Crippen LogP contribution in [0.5, 0.6) is 23.0 Å². The Bertz CT molecular complexity index is 886. The highest BCUT2D eigenvalue weighted by Gasteiger charge is 2.32. The van der Waals surface area contributed by atoms with Crippen molar-refractivity contribution in [3.8, 4) is 23.0 Å². The van der Waals surface area contributed by atoms with Gasteiger partial charge in [-0.2, -0.15) is 0 Å². The molecule has 0 saturated heterocycles. The average Bonchev–Trinajstić information content (AvgIpc) is 2.77. The molecule has 2 aromatic rings. The SMILES string of the molecule is COc1ccc(CC(Cl)C(=O)C2NCCc3cc(OC)c(OC)cc32)c(OC)c1. The Hall–Kier alpha value is -2.44. The molecule has 156 valence electrons. The largest absolute Gasteiger partial charge is 0.497 e. The van der Waals surface area contributed by atoms with Gasteiger partial charge in [0.1, 0.15) is 11.5 Å². The number of carbonyl (C=O) groups is 1. The van der Waals surface area contributed by atoms with Gasteiger partial charge in [-0.3, -0.25) is 4.79 Å². The topological polar surface area (TPSA) is 66.0 Å². The fourth-order valence-electron chi connectivity index (χ4n) is 3.63. The first-order valence-corrected chi connectivity index (χ1v) is 9.82. The molecule has 2 unspecified atom stereocenters. The van der Waals surface area contributed by atoms with Gasteiger partial charge >= 0.3 is 0 Å². The van der Waals surface area contributed by atoms with Gasteiger partial charge in [-0.1, -0.05) is 6.07 Å². The molecule has 2 atom stereocenters. The van der Waals surface area contributed by atoms with E-state index in [-0.39, 0.29) is 5.78 Å². The van der Waals surface area contributed by atoms with Gasteiger partial charge in [0, 0.05) is 12.6 Å². The number of methoxy groups -OCH3 is 4. The number of halogens is 1. The van der Waals surface area contributed by atoms with Crippen LogP contribution >= 0.6 is 11.6 Å². The standard InChI is InChI=1S/C22H26ClNO5/c1-26-15-6-5-14(18(11-15)27-2)9-17(23)22(25)21-16-12-20(29-4)19(28-3)10-13(16)7-8-24-21/h5-6,10-12,17,21,24H,7-9H2,1-4H3. The second kappa shape index (κ2) is 9.37. The van der Waals surface area contributed by atoms with E-state index in [1.165, 1.54) is 0 Å². The number of hydrogen-bond donors (Lipinski definition) is 1. The highest BCUT2D eigenvalue weighted by Crippen LogP contribution is 2.36. The maximum atomic E-state index is 13.2. The van der Waals surface area contributed by atoms with Crippen LogP contribution < -0.4 is 24.3 Å². The number of fused-ring (bicyclic) bond motifs is 1. The first-order chi connectivity index (χ1) is 14.0. The summed E-state index contributed by atoms with van der Waals surface area (Å²) in [6.07, 6.45) is 1.16. The molecule has 1 aliphatic heterocycles. The quantitative estimate of drug-likeness (QED) is 0.662. The van der Waals surface area contributed by atoms with Gasteiger partial charge in [0.15, 0.2) is 17.3 Å². The van der Waals surface area contributed by atoms with E-state index in [1.807, 2.05) is 24.3 Å².